The van der Waals surface area contributed by atoms with Gasteiger partial charge in [0, 0.05) is 17.1 Å². The molecule has 88 valence electrons. The van der Waals surface area contributed by atoms with E-state index in [1.165, 1.54) is 7.11 Å². The van der Waals surface area contributed by atoms with E-state index < -0.39 is 5.97 Å². The van der Waals surface area contributed by atoms with E-state index in [0.717, 1.165) is 5.56 Å². The highest BCUT2D eigenvalue weighted by molar-refractivity contribution is 5.95. The highest BCUT2D eigenvalue weighted by Crippen LogP contribution is 2.16. The Morgan fingerprint density at radius 2 is 2.41 bits per heavy atom. The van der Waals surface area contributed by atoms with E-state index in [1.54, 1.807) is 30.4 Å². The lowest BCUT2D eigenvalue weighted by molar-refractivity contribution is 0.0602. The molecule has 0 aromatic heterocycles. The number of nitrogen functional groups attached to an aromatic ring is 1. The Bertz CT molecular complexity index is 490. The molecule has 0 bridgehead atoms. The molecule has 0 amide bonds. The molecule has 0 saturated heterocycles. The second-order valence-electron chi connectivity index (χ2n) is 3.15. The molecule has 0 heterocycles. The van der Waals surface area contributed by atoms with E-state index in [2.05, 4.69) is 14.8 Å². The zero-order valence-corrected chi connectivity index (χ0v) is 9.33. The summed E-state index contributed by atoms with van der Waals surface area (Å²) in [6.07, 6.45) is 3.46. The fraction of sp³-hybridized carbons (Fsp3) is 0.182. The fourth-order valence-corrected chi connectivity index (χ4v) is 1.25. The number of anilines is 1. The van der Waals surface area contributed by atoms with Gasteiger partial charge in [-0.3, -0.25) is 0 Å². The van der Waals surface area contributed by atoms with Crippen LogP contribution in [0.4, 0.5) is 5.69 Å². The van der Waals surface area contributed by atoms with E-state index >= 15 is 0 Å². The number of hydrogen-bond donors (Lipinski definition) is 1. The van der Waals surface area contributed by atoms with Crippen molar-refractivity contribution in [3.05, 3.63) is 45.8 Å². The summed E-state index contributed by atoms with van der Waals surface area (Å²) in [6.45, 7) is 0.273. The first-order valence-corrected chi connectivity index (χ1v) is 4.84. The van der Waals surface area contributed by atoms with Crippen LogP contribution in [0.2, 0.25) is 0 Å². The summed E-state index contributed by atoms with van der Waals surface area (Å²) in [6, 6.07) is 4.97. The number of azide groups is 1. The summed E-state index contributed by atoms with van der Waals surface area (Å²) >= 11 is 0. The van der Waals surface area contributed by atoms with Crippen molar-refractivity contribution in [2.45, 2.75) is 0 Å². The average molecular weight is 232 g/mol. The van der Waals surface area contributed by atoms with Crippen molar-refractivity contribution in [1.82, 2.24) is 0 Å². The second kappa shape index (κ2) is 6.19. The van der Waals surface area contributed by atoms with Gasteiger partial charge in [0.1, 0.15) is 0 Å². The van der Waals surface area contributed by atoms with Gasteiger partial charge in [0.25, 0.3) is 0 Å². The minimum Gasteiger partial charge on any atom is -0.465 e. The van der Waals surface area contributed by atoms with Gasteiger partial charge in [0.2, 0.25) is 0 Å². The lowest BCUT2D eigenvalue weighted by Gasteiger charge is -2.04. The molecule has 17 heavy (non-hydrogen) atoms. The zero-order chi connectivity index (χ0) is 12.7. The number of esters is 1. The lowest BCUT2D eigenvalue weighted by Crippen LogP contribution is -2.05. The van der Waals surface area contributed by atoms with Crippen LogP contribution < -0.4 is 5.73 Å². The summed E-state index contributed by atoms with van der Waals surface area (Å²) < 4.78 is 4.58. The van der Waals surface area contributed by atoms with Crippen molar-refractivity contribution in [3.8, 4) is 0 Å². The molecule has 0 aliphatic rings. The van der Waals surface area contributed by atoms with Crippen LogP contribution in [0.5, 0.6) is 0 Å². The molecule has 0 spiro atoms. The van der Waals surface area contributed by atoms with Crippen molar-refractivity contribution in [2.24, 2.45) is 5.11 Å². The third-order valence-electron chi connectivity index (χ3n) is 2.04. The molecule has 6 nitrogen and oxygen atoms in total. The van der Waals surface area contributed by atoms with Crippen LogP contribution in [-0.4, -0.2) is 19.6 Å². The number of carbonyl (C=O) groups excluding carboxylic acids is 1. The van der Waals surface area contributed by atoms with Crippen molar-refractivity contribution in [2.75, 3.05) is 19.4 Å². The number of ether oxygens (including phenoxy) is 1. The maximum Gasteiger partial charge on any atom is 0.339 e. The van der Waals surface area contributed by atoms with Gasteiger partial charge in [-0.2, -0.15) is 0 Å². The molecule has 2 N–H and O–H groups in total. The maximum absolute atomic E-state index is 11.3. The van der Waals surface area contributed by atoms with Crippen LogP contribution in [0, 0.1) is 0 Å². The number of nitrogens with zero attached hydrogens (tertiary/aromatic N) is 3. The zero-order valence-electron chi connectivity index (χ0n) is 9.33. The molecule has 0 fully saturated rings. The van der Waals surface area contributed by atoms with E-state index in [9.17, 15) is 4.79 Å². The first-order valence-electron chi connectivity index (χ1n) is 4.84. The Kier molecular flexibility index (Phi) is 4.59. The molecule has 0 saturated carbocycles. The Morgan fingerprint density at radius 3 is 3.00 bits per heavy atom. The smallest absolute Gasteiger partial charge is 0.339 e. The monoisotopic (exact) mass is 232 g/mol. The van der Waals surface area contributed by atoms with E-state index in [0.29, 0.717) is 11.3 Å². The molecule has 0 aliphatic carbocycles. The van der Waals surface area contributed by atoms with Crippen LogP contribution in [-0.2, 0) is 4.74 Å². The average Bonchev–Trinajstić information content (AvgIpc) is 2.34. The molecular weight excluding hydrogens is 220 g/mol. The van der Waals surface area contributed by atoms with Crippen molar-refractivity contribution >= 4 is 17.7 Å². The van der Waals surface area contributed by atoms with E-state index in [4.69, 9.17) is 11.3 Å². The predicted octanol–water partition coefficient (Wildman–Crippen LogP) is 2.38. The highest BCUT2D eigenvalue weighted by Gasteiger charge is 2.08. The largest absolute Gasteiger partial charge is 0.465 e. The topological polar surface area (TPSA) is 101 Å². The summed E-state index contributed by atoms with van der Waals surface area (Å²) in [5, 5.41) is 3.36. The molecule has 1 aromatic carbocycles. The van der Waals surface area contributed by atoms with E-state index in [-0.39, 0.29) is 6.54 Å². The molecule has 1 aromatic rings. The van der Waals surface area contributed by atoms with Crippen LogP contribution >= 0.6 is 0 Å². The van der Waals surface area contributed by atoms with Gasteiger partial charge in [-0.1, -0.05) is 23.3 Å². The third kappa shape index (κ3) is 3.55. The van der Waals surface area contributed by atoms with Crippen molar-refractivity contribution in [1.29, 1.82) is 0 Å². The molecule has 1 rings (SSSR count). The minimum absolute atomic E-state index is 0.273. The maximum atomic E-state index is 11.3. The quantitative estimate of drug-likeness (QED) is 0.283. The standard InChI is InChI=1S/C11H12N4O2/c1-17-11(16)9-5-4-8(7-10(9)12)3-2-6-14-15-13/h2-5,7H,6,12H2,1H3. The number of hydrogen-bond acceptors (Lipinski definition) is 4. The van der Waals surface area contributed by atoms with Gasteiger partial charge in [-0.15, -0.1) is 0 Å². The summed E-state index contributed by atoms with van der Waals surface area (Å²) in [4.78, 5) is 13.9. The first kappa shape index (κ1) is 12.6. The van der Waals surface area contributed by atoms with Gasteiger partial charge in [0.15, 0.2) is 0 Å². The van der Waals surface area contributed by atoms with Crippen molar-refractivity contribution in [3.63, 3.8) is 0 Å². The summed E-state index contributed by atoms with van der Waals surface area (Å²) in [7, 11) is 1.30. The van der Waals surface area contributed by atoms with Crippen LogP contribution in [0.25, 0.3) is 16.5 Å². The number of nitrogens with two attached hydrogens (primary N) is 1. The summed E-state index contributed by atoms with van der Waals surface area (Å²) in [5.74, 6) is -0.466. The fourth-order valence-electron chi connectivity index (χ4n) is 1.25. The van der Waals surface area contributed by atoms with Gasteiger partial charge in [-0.05, 0) is 23.2 Å². The van der Waals surface area contributed by atoms with Crippen LogP contribution in [0.1, 0.15) is 15.9 Å². The normalized spacial score (nSPS) is 9.94. The summed E-state index contributed by atoms with van der Waals surface area (Å²) in [5.41, 5.74) is 15.3. The van der Waals surface area contributed by atoms with Crippen LogP contribution in [0.15, 0.2) is 29.4 Å². The Labute approximate surface area is 98.3 Å². The highest BCUT2D eigenvalue weighted by atomic mass is 16.5. The molecule has 0 atom stereocenters. The molecular formula is C11H12N4O2. The van der Waals surface area contributed by atoms with Gasteiger partial charge >= 0.3 is 5.97 Å². The second-order valence-corrected chi connectivity index (χ2v) is 3.15. The number of rotatable bonds is 4. The molecule has 0 aliphatic heterocycles. The van der Waals surface area contributed by atoms with Gasteiger partial charge in [-0.25, -0.2) is 4.79 Å². The van der Waals surface area contributed by atoms with Crippen molar-refractivity contribution < 1.29 is 9.53 Å². The number of carbonyl (C=O) groups is 1. The molecule has 0 unspecified atom stereocenters. The molecule has 6 heteroatoms. The van der Waals surface area contributed by atoms with Gasteiger partial charge < -0.3 is 10.5 Å². The lowest BCUT2D eigenvalue weighted by atomic mass is 10.1. The number of methoxy groups -OCH3 is 1. The Balaban J connectivity index is 2.85. The minimum atomic E-state index is -0.466. The van der Waals surface area contributed by atoms with Crippen LogP contribution in [0.3, 0.4) is 0 Å². The Hall–Kier alpha value is -2.46. The first-order chi connectivity index (χ1) is 8.19. The molecule has 0 radical (unpaired) electrons. The Morgan fingerprint density at radius 1 is 1.65 bits per heavy atom. The van der Waals surface area contributed by atoms with Gasteiger partial charge in [0.05, 0.1) is 12.7 Å². The number of benzene rings is 1. The van der Waals surface area contributed by atoms with E-state index in [1.807, 2.05) is 0 Å². The predicted molar refractivity (Wildman–Crippen MR) is 65.2 cm³/mol. The third-order valence-corrected chi connectivity index (χ3v) is 2.04. The SMILES string of the molecule is COC(=O)c1ccc(C=CCN=[N+]=[N-])cc1N.